The third-order valence-corrected chi connectivity index (χ3v) is 4.15. The molecule has 7 heteroatoms. The third kappa shape index (κ3) is 2.81. The van der Waals surface area contributed by atoms with Crippen LogP contribution in [-0.4, -0.2) is 22.2 Å². The number of rotatable bonds is 5. The quantitative estimate of drug-likeness (QED) is 0.706. The van der Waals surface area contributed by atoms with Crippen molar-refractivity contribution in [3.63, 3.8) is 0 Å². The van der Waals surface area contributed by atoms with E-state index < -0.39 is 6.43 Å². The summed E-state index contributed by atoms with van der Waals surface area (Å²) in [7, 11) is 1.80. The maximum absolute atomic E-state index is 13.1. The zero-order valence-electron chi connectivity index (χ0n) is 13.1. The molecule has 1 aliphatic carbocycles. The first-order chi connectivity index (χ1) is 11.6. The topological polar surface area (TPSA) is 55.1 Å². The van der Waals surface area contributed by atoms with E-state index in [1.54, 1.807) is 11.9 Å². The Labute approximate surface area is 137 Å². The van der Waals surface area contributed by atoms with E-state index in [4.69, 9.17) is 4.52 Å². The minimum atomic E-state index is -2.61. The maximum Gasteiger partial charge on any atom is 0.280 e. The van der Waals surface area contributed by atoms with Gasteiger partial charge in [0.15, 0.2) is 5.58 Å². The Bertz CT molecular complexity index is 856. The zero-order chi connectivity index (χ0) is 16.7. The van der Waals surface area contributed by atoms with E-state index in [-0.39, 0.29) is 11.6 Å². The summed E-state index contributed by atoms with van der Waals surface area (Å²) < 4.78 is 31.5. The average molecular weight is 330 g/mol. The first kappa shape index (κ1) is 15.0. The Kier molecular flexibility index (Phi) is 3.63. The number of alkyl halides is 2. The molecule has 0 unspecified atom stereocenters. The van der Waals surface area contributed by atoms with Gasteiger partial charge in [-0.05, 0) is 25.0 Å². The maximum atomic E-state index is 13.1. The number of halogens is 2. The highest BCUT2D eigenvalue weighted by Gasteiger charge is 2.29. The van der Waals surface area contributed by atoms with Crippen LogP contribution in [0.5, 0.6) is 0 Å². The van der Waals surface area contributed by atoms with Gasteiger partial charge in [0.25, 0.3) is 6.43 Å². The Morgan fingerprint density at radius 2 is 2.04 bits per heavy atom. The fraction of sp³-hybridized carbons (Fsp3) is 0.353. The summed E-state index contributed by atoms with van der Waals surface area (Å²) in [6.45, 7) is 0.417. The molecule has 124 valence electrons. The molecule has 1 aromatic carbocycles. The highest BCUT2D eigenvalue weighted by atomic mass is 19.3. The van der Waals surface area contributed by atoms with Crippen LogP contribution in [0.15, 0.2) is 34.9 Å². The lowest BCUT2D eigenvalue weighted by molar-refractivity contribution is 0.145. The van der Waals surface area contributed by atoms with Crippen LogP contribution in [0.25, 0.3) is 11.0 Å². The molecule has 24 heavy (non-hydrogen) atoms. The normalized spacial score (nSPS) is 14.5. The van der Waals surface area contributed by atoms with E-state index in [0.717, 1.165) is 23.9 Å². The molecule has 0 amide bonds. The standard InChI is InChI=1S/C17H16F2N4O/c1-23(9-13-11-4-2-3-5-14(11)24-22-13)15-8-12(16(18)19)20-17(21-15)10-6-7-10/h2-5,8,10,16H,6-7,9H2,1H3. The minimum Gasteiger partial charge on any atom is -0.356 e. The molecule has 1 fully saturated rings. The SMILES string of the molecule is CN(Cc1noc2ccccc12)c1cc(C(F)F)nc(C2CC2)n1. The molecule has 0 saturated heterocycles. The monoisotopic (exact) mass is 330 g/mol. The number of fused-ring (bicyclic) bond motifs is 1. The molecule has 0 bridgehead atoms. The Balaban J connectivity index is 1.65. The molecule has 3 aromatic rings. The van der Waals surface area contributed by atoms with Crippen molar-refractivity contribution in [3.05, 3.63) is 47.5 Å². The van der Waals surface area contributed by atoms with Gasteiger partial charge in [0.2, 0.25) is 0 Å². The summed E-state index contributed by atoms with van der Waals surface area (Å²) in [5, 5.41) is 4.99. The molecule has 0 aliphatic heterocycles. The van der Waals surface area contributed by atoms with E-state index in [9.17, 15) is 8.78 Å². The van der Waals surface area contributed by atoms with Gasteiger partial charge in [0, 0.05) is 24.4 Å². The van der Waals surface area contributed by atoms with Crippen LogP contribution in [0.1, 0.15) is 42.4 Å². The van der Waals surface area contributed by atoms with Crippen molar-refractivity contribution in [1.82, 2.24) is 15.1 Å². The first-order valence-electron chi connectivity index (χ1n) is 7.83. The molecule has 0 atom stereocenters. The zero-order valence-corrected chi connectivity index (χ0v) is 13.1. The number of hydrogen-bond donors (Lipinski definition) is 0. The van der Waals surface area contributed by atoms with E-state index >= 15 is 0 Å². The van der Waals surface area contributed by atoms with Gasteiger partial charge in [0.05, 0.1) is 6.54 Å². The lowest BCUT2D eigenvalue weighted by Crippen LogP contribution is -2.19. The van der Waals surface area contributed by atoms with E-state index in [1.807, 2.05) is 24.3 Å². The van der Waals surface area contributed by atoms with E-state index in [1.165, 1.54) is 6.07 Å². The van der Waals surface area contributed by atoms with Crippen LogP contribution in [0.3, 0.4) is 0 Å². The second-order valence-electron chi connectivity index (χ2n) is 6.07. The molecule has 1 saturated carbocycles. The number of aromatic nitrogens is 3. The van der Waals surface area contributed by atoms with Crippen LogP contribution in [0, 0.1) is 0 Å². The van der Waals surface area contributed by atoms with Crippen molar-refractivity contribution in [2.45, 2.75) is 31.7 Å². The summed E-state index contributed by atoms with van der Waals surface area (Å²) in [6.07, 6.45) is -0.682. The molecule has 0 radical (unpaired) electrons. The lowest BCUT2D eigenvalue weighted by atomic mass is 10.2. The highest BCUT2D eigenvalue weighted by Crippen LogP contribution is 2.39. The number of hydrogen-bond acceptors (Lipinski definition) is 5. The minimum absolute atomic E-state index is 0.212. The van der Waals surface area contributed by atoms with Crippen molar-refractivity contribution < 1.29 is 13.3 Å². The van der Waals surface area contributed by atoms with Crippen LogP contribution in [0.2, 0.25) is 0 Å². The largest absolute Gasteiger partial charge is 0.356 e. The summed E-state index contributed by atoms with van der Waals surface area (Å²) in [4.78, 5) is 10.3. The van der Waals surface area contributed by atoms with Gasteiger partial charge < -0.3 is 9.42 Å². The summed E-state index contributed by atoms with van der Waals surface area (Å²) in [6, 6.07) is 8.90. The van der Waals surface area contributed by atoms with E-state index in [0.29, 0.717) is 23.8 Å². The van der Waals surface area contributed by atoms with Crippen molar-refractivity contribution in [2.75, 3.05) is 11.9 Å². The van der Waals surface area contributed by atoms with Gasteiger partial charge >= 0.3 is 0 Å². The van der Waals surface area contributed by atoms with Gasteiger partial charge in [-0.1, -0.05) is 17.3 Å². The number of para-hydroxylation sites is 1. The number of benzene rings is 1. The third-order valence-electron chi connectivity index (χ3n) is 4.15. The fourth-order valence-electron chi connectivity index (χ4n) is 2.66. The summed E-state index contributed by atoms with van der Waals surface area (Å²) >= 11 is 0. The molecule has 4 rings (SSSR count). The second-order valence-corrected chi connectivity index (χ2v) is 6.07. The molecular formula is C17H16F2N4O. The van der Waals surface area contributed by atoms with Crippen LogP contribution in [-0.2, 0) is 6.54 Å². The lowest BCUT2D eigenvalue weighted by Gasteiger charge is -2.18. The molecule has 0 spiro atoms. The highest BCUT2D eigenvalue weighted by molar-refractivity contribution is 5.79. The van der Waals surface area contributed by atoms with Crippen molar-refractivity contribution >= 4 is 16.8 Å². The van der Waals surface area contributed by atoms with E-state index in [2.05, 4.69) is 15.1 Å². The first-order valence-corrected chi connectivity index (χ1v) is 7.83. The number of nitrogens with zero attached hydrogens (tertiary/aromatic N) is 4. The average Bonchev–Trinajstić information content (AvgIpc) is 3.37. The Morgan fingerprint density at radius 1 is 1.25 bits per heavy atom. The molecule has 1 aliphatic rings. The van der Waals surface area contributed by atoms with Gasteiger partial charge in [-0.25, -0.2) is 18.7 Å². The smallest absolute Gasteiger partial charge is 0.280 e. The Hall–Kier alpha value is -2.57. The second kappa shape index (κ2) is 5.81. The summed E-state index contributed by atoms with van der Waals surface area (Å²) in [5.74, 6) is 1.21. The molecule has 2 heterocycles. The van der Waals surface area contributed by atoms with Crippen LogP contribution < -0.4 is 4.90 Å². The number of anilines is 1. The molecule has 5 nitrogen and oxygen atoms in total. The van der Waals surface area contributed by atoms with Crippen LogP contribution in [0.4, 0.5) is 14.6 Å². The fourth-order valence-corrected chi connectivity index (χ4v) is 2.66. The molecule has 0 N–H and O–H groups in total. The molecule has 2 aromatic heterocycles. The van der Waals surface area contributed by atoms with Gasteiger partial charge in [-0.3, -0.25) is 0 Å². The van der Waals surface area contributed by atoms with Crippen LogP contribution >= 0.6 is 0 Å². The van der Waals surface area contributed by atoms with Crippen molar-refractivity contribution in [2.24, 2.45) is 0 Å². The van der Waals surface area contributed by atoms with Crippen molar-refractivity contribution in [1.29, 1.82) is 0 Å². The predicted octanol–water partition coefficient (Wildman–Crippen LogP) is 4.07. The van der Waals surface area contributed by atoms with Gasteiger partial charge in [-0.2, -0.15) is 0 Å². The summed E-state index contributed by atoms with van der Waals surface area (Å²) in [5.41, 5.74) is 1.23. The van der Waals surface area contributed by atoms with Gasteiger partial charge in [0.1, 0.15) is 23.0 Å². The predicted molar refractivity (Wildman–Crippen MR) is 85.1 cm³/mol. The Morgan fingerprint density at radius 3 is 2.79 bits per heavy atom. The van der Waals surface area contributed by atoms with Gasteiger partial charge in [-0.15, -0.1) is 0 Å². The molecular weight excluding hydrogens is 314 g/mol. The van der Waals surface area contributed by atoms with Crippen molar-refractivity contribution in [3.8, 4) is 0 Å².